The second kappa shape index (κ2) is 4.74. The Labute approximate surface area is 39.9 Å². The summed E-state index contributed by atoms with van der Waals surface area (Å²) in [6, 6.07) is 0. The summed E-state index contributed by atoms with van der Waals surface area (Å²) in [5.41, 5.74) is 0. The minimum atomic E-state index is 1.18. The maximum Gasteiger partial charge on any atom is -0.0354 e. The quantitative estimate of drug-likeness (QED) is 0.280. The van der Waals surface area contributed by atoms with E-state index in [1.807, 2.05) is 6.08 Å². The summed E-state index contributed by atoms with van der Waals surface area (Å²) < 4.78 is 0. The Kier molecular flexibility index (Phi) is 4.53. The molecule has 0 aliphatic heterocycles. The summed E-state index contributed by atoms with van der Waals surface area (Å²) in [6.07, 6.45) is 5.72. The Morgan fingerprint density at radius 3 is 2.50 bits per heavy atom. The molecular weight excluding hydrogens is 73.1 g/mol. The van der Waals surface area contributed by atoms with Gasteiger partial charge in [-0.25, -0.2) is 0 Å². The molecule has 0 rings (SSSR count). The molecule has 0 amide bonds. The van der Waals surface area contributed by atoms with Crippen molar-refractivity contribution in [3.8, 4) is 0 Å². The van der Waals surface area contributed by atoms with E-state index in [9.17, 15) is 0 Å². The Morgan fingerprint density at radius 1 is 1.67 bits per heavy atom. The van der Waals surface area contributed by atoms with Gasteiger partial charge in [0.05, 0.1) is 0 Å². The molecule has 36 valence electrons. The zero-order valence-electron chi connectivity index (χ0n) is 4.41. The molecule has 0 bridgehead atoms. The van der Waals surface area contributed by atoms with Gasteiger partial charge in [-0.1, -0.05) is 25.8 Å². The van der Waals surface area contributed by atoms with E-state index in [2.05, 4.69) is 13.5 Å². The molecule has 0 spiro atoms. The number of allylic oxidation sites excluding steroid dienone is 1. The van der Waals surface area contributed by atoms with E-state index in [0.717, 1.165) is 0 Å². The highest BCUT2D eigenvalue weighted by Gasteiger charge is 1.71. The van der Waals surface area contributed by atoms with Crippen LogP contribution in [0.2, 0.25) is 0 Å². The van der Waals surface area contributed by atoms with Gasteiger partial charge in [0.2, 0.25) is 0 Å². The predicted octanol–water partition coefficient (Wildman–Crippen LogP) is 2.36. The second-order valence-corrected chi connectivity index (χ2v) is 1.43. The topological polar surface area (TPSA) is 0 Å². The molecule has 0 atom stereocenters. The van der Waals surface area contributed by atoms with Crippen LogP contribution in [0.1, 0.15) is 26.2 Å². The van der Waals surface area contributed by atoms with Crippen LogP contribution >= 0.6 is 0 Å². The van der Waals surface area contributed by atoms with Crippen LogP contribution in [0.3, 0.4) is 0 Å². The third-order valence-electron chi connectivity index (χ3n) is 0.762. The third kappa shape index (κ3) is 3.74. The molecular formula is C6H12. The number of hydrogen-bond donors (Lipinski definition) is 0. The van der Waals surface area contributed by atoms with Crippen LogP contribution < -0.4 is 0 Å². The predicted molar refractivity (Wildman–Crippen MR) is 29.7 cm³/mol. The summed E-state index contributed by atoms with van der Waals surface area (Å²) >= 11 is 0. The van der Waals surface area contributed by atoms with E-state index in [1.54, 1.807) is 0 Å². The summed E-state index contributed by atoms with van der Waals surface area (Å²) in [5.74, 6) is 0. The SMILES string of the molecule is C=CCCC[13CH3]. The standard InChI is InChI=1S/C6H12/c1-3-5-6-4-2/h3H,1,4-6H2,2H3/i2+1. The minimum Gasteiger partial charge on any atom is -0.103 e. The van der Waals surface area contributed by atoms with Crippen molar-refractivity contribution in [3.05, 3.63) is 12.7 Å². The first-order valence-corrected chi connectivity index (χ1v) is 2.52. The Balaban J connectivity index is 2.49. The lowest BCUT2D eigenvalue weighted by Gasteiger charge is -1.81. The summed E-state index contributed by atoms with van der Waals surface area (Å²) in [6.45, 7) is 5.78. The highest BCUT2D eigenvalue weighted by Crippen LogP contribution is 1.91. The molecule has 0 aliphatic rings. The average molecular weight is 85.2 g/mol. The lowest BCUT2D eigenvalue weighted by Crippen LogP contribution is -1.61. The van der Waals surface area contributed by atoms with Crippen LogP contribution in [0, 0.1) is 0 Å². The average Bonchev–Trinajstić information content (AvgIpc) is 1.61. The van der Waals surface area contributed by atoms with Crippen LogP contribution in [-0.4, -0.2) is 0 Å². The first-order chi connectivity index (χ1) is 2.91. The zero-order valence-corrected chi connectivity index (χ0v) is 4.41. The minimum absolute atomic E-state index is 1.18. The first-order valence-electron chi connectivity index (χ1n) is 2.52. The molecule has 0 saturated carbocycles. The van der Waals surface area contributed by atoms with Gasteiger partial charge in [0.15, 0.2) is 0 Å². The summed E-state index contributed by atoms with van der Waals surface area (Å²) in [7, 11) is 0. The Morgan fingerprint density at radius 2 is 2.33 bits per heavy atom. The molecule has 0 nitrogen and oxygen atoms in total. The van der Waals surface area contributed by atoms with Crippen molar-refractivity contribution in [2.75, 3.05) is 0 Å². The van der Waals surface area contributed by atoms with Crippen molar-refractivity contribution in [3.63, 3.8) is 0 Å². The van der Waals surface area contributed by atoms with Crippen LogP contribution in [-0.2, 0) is 0 Å². The second-order valence-electron chi connectivity index (χ2n) is 1.43. The van der Waals surface area contributed by atoms with Crippen molar-refractivity contribution in [1.29, 1.82) is 0 Å². The maximum absolute atomic E-state index is 3.60. The van der Waals surface area contributed by atoms with Gasteiger partial charge in [-0.2, -0.15) is 0 Å². The molecule has 0 aromatic heterocycles. The van der Waals surface area contributed by atoms with Gasteiger partial charge < -0.3 is 0 Å². The largest absolute Gasteiger partial charge is 0.103 e. The zero-order chi connectivity index (χ0) is 4.83. The molecule has 0 aliphatic carbocycles. The fraction of sp³-hybridized carbons (Fsp3) is 0.667. The van der Waals surface area contributed by atoms with Crippen LogP contribution in [0.5, 0.6) is 0 Å². The fourth-order valence-corrected chi connectivity index (χ4v) is 0.348. The highest BCUT2D eigenvalue weighted by atomic mass is 13.9. The molecule has 0 saturated heterocycles. The van der Waals surface area contributed by atoms with Gasteiger partial charge in [0, 0.05) is 0 Å². The van der Waals surface area contributed by atoms with E-state index >= 15 is 0 Å². The lowest BCUT2D eigenvalue weighted by atomic mass is 10.3. The van der Waals surface area contributed by atoms with Crippen molar-refractivity contribution in [1.82, 2.24) is 0 Å². The van der Waals surface area contributed by atoms with Crippen LogP contribution in [0.15, 0.2) is 12.7 Å². The molecule has 0 unspecified atom stereocenters. The van der Waals surface area contributed by atoms with E-state index < -0.39 is 0 Å². The molecule has 0 heterocycles. The lowest BCUT2D eigenvalue weighted by molar-refractivity contribution is 0.816. The number of hydrogen-bond acceptors (Lipinski definition) is 0. The van der Waals surface area contributed by atoms with Gasteiger partial charge in [-0.3, -0.25) is 0 Å². The normalized spacial score (nSPS) is 8.17. The van der Waals surface area contributed by atoms with E-state index in [-0.39, 0.29) is 0 Å². The number of unbranched alkanes of at least 4 members (excludes halogenated alkanes) is 2. The van der Waals surface area contributed by atoms with Crippen molar-refractivity contribution < 1.29 is 0 Å². The van der Waals surface area contributed by atoms with E-state index in [4.69, 9.17) is 0 Å². The van der Waals surface area contributed by atoms with E-state index in [1.165, 1.54) is 19.3 Å². The molecule has 0 N–H and O–H groups in total. The molecule has 6 heavy (non-hydrogen) atoms. The van der Waals surface area contributed by atoms with Gasteiger partial charge >= 0.3 is 0 Å². The summed E-state index contributed by atoms with van der Waals surface area (Å²) in [4.78, 5) is 0. The van der Waals surface area contributed by atoms with Gasteiger partial charge in [0.1, 0.15) is 0 Å². The maximum atomic E-state index is 3.60. The molecule has 0 radical (unpaired) electrons. The third-order valence-corrected chi connectivity index (χ3v) is 0.762. The fourth-order valence-electron chi connectivity index (χ4n) is 0.348. The van der Waals surface area contributed by atoms with Crippen LogP contribution in [0.4, 0.5) is 0 Å². The smallest absolute Gasteiger partial charge is 0.0354 e. The van der Waals surface area contributed by atoms with Gasteiger partial charge in [-0.05, 0) is 6.42 Å². The monoisotopic (exact) mass is 85.1 g/mol. The molecule has 0 fully saturated rings. The molecule has 0 aromatic carbocycles. The van der Waals surface area contributed by atoms with Crippen molar-refractivity contribution in [2.24, 2.45) is 0 Å². The van der Waals surface area contributed by atoms with Crippen molar-refractivity contribution >= 4 is 0 Å². The van der Waals surface area contributed by atoms with Gasteiger partial charge in [0.25, 0.3) is 0 Å². The first kappa shape index (κ1) is 5.74. The molecule has 0 aromatic rings. The Bertz CT molecular complexity index is 29.0. The van der Waals surface area contributed by atoms with Crippen LogP contribution in [0.25, 0.3) is 0 Å². The molecule has 0 heteroatoms. The Hall–Kier alpha value is -0.260. The van der Waals surface area contributed by atoms with E-state index in [0.29, 0.717) is 0 Å². The van der Waals surface area contributed by atoms with Crippen molar-refractivity contribution in [2.45, 2.75) is 26.2 Å². The highest BCUT2D eigenvalue weighted by molar-refractivity contribution is 4.64. The summed E-state index contributed by atoms with van der Waals surface area (Å²) in [5, 5.41) is 0. The van der Waals surface area contributed by atoms with Gasteiger partial charge in [-0.15, -0.1) is 6.58 Å². The number of rotatable bonds is 3.